The number of rotatable bonds is 10. The highest BCUT2D eigenvalue weighted by atomic mass is 16.6. The van der Waals surface area contributed by atoms with Gasteiger partial charge < -0.3 is 51.2 Å². The number of fused-ring (bicyclic) bond motifs is 5. The van der Waals surface area contributed by atoms with Gasteiger partial charge in [-0.15, -0.1) is 0 Å². The summed E-state index contributed by atoms with van der Waals surface area (Å²) >= 11 is 0. The first-order valence-corrected chi connectivity index (χ1v) is 32.5. The predicted octanol–water partition coefficient (Wildman–Crippen LogP) is 10.7. The highest BCUT2D eigenvalue weighted by Gasteiger charge is 2.69. The monoisotopic (exact) mass is 1160 g/mol. The van der Waals surface area contributed by atoms with Gasteiger partial charge in [0.1, 0.15) is 17.3 Å². The zero-order valence-electron chi connectivity index (χ0n) is 50.6. The number of cyclic esters (lactones) is 1. The van der Waals surface area contributed by atoms with Gasteiger partial charge in [-0.3, -0.25) is 0 Å². The number of phenols is 1. The minimum atomic E-state index is -1.13. The van der Waals surface area contributed by atoms with Crippen LogP contribution in [0, 0.1) is 70.0 Å². The lowest BCUT2D eigenvalue weighted by atomic mass is 9.44. The molecule has 0 radical (unpaired) electrons. The van der Waals surface area contributed by atoms with E-state index < -0.39 is 11.0 Å². The minimum Gasteiger partial charge on any atom is -0.508 e. The van der Waals surface area contributed by atoms with Crippen LogP contribution in [0.4, 0.5) is 0 Å². The molecule has 0 unspecified atom stereocenters. The van der Waals surface area contributed by atoms with Gasteiger partial charge in [-0.2, -0.15) is 0 Å². The Bertz CT molecular complexity index is 3440. The molecule has 14 bridgehead atoms. The first-order valence-electron chi connectivity index (χ1n) is 32.5. The number of allylic oxidation sites excluding steroid dienone is 5. The molecular weight excluding hydrogens is 1070 g/mol. The number of piperidine rings is 1. The number of nitrogens with one attached hydrogen (secondary N) is 4. The van der Waals surface area contributed by atoms with E-state index in [9.17, 15) is 20.4 Å². The van der Waals surface area contributed by atoms with Crippen molar-refractivity contribution in [2.75, 3.05) is 39.9 Å². The zero-order chi connectivity index (χ0) is 59.3. The Morgan fingerprint density at radius 2 is 1.73 bits per heavy atom. The maximum Gasteiger partial charge on any atom is 0.340 e. The van der Waals surface area contributed by atoms with Crippen LogP contribution >= 0.6 is 0 Å². The number of hydrogen-bond donors (Lipinski definition) is 8. The van der Waals surface area contributed by atoms with Crippen molar-refractivity contribution in [3.8, 4) is 28.7 Å². The van der Waals surface area contributed by atoms with Crippen LogP contribution in [0.2, 0.25) is 0 Å². The zero-order valence-corrected chi connectivity index (χ0v) is 50.6. The third-order valence-electron chi connectivity index (χ3n) is 22.1. The number of aromatic hydroxyl groups is 1. The lowest BCUT2D eigenvalue weighted by Gasteiger charge is -2.56. The van der Waals surface area contributed by atoms with Crippen LogP contribution in [0.3, 0.4) is 0 Å². The number of phenolic OH excluding ortho intramolecular Hbond substituents is 1. The van der Waals surface area contributed by atoms with Crippen molar-refractivity contribution in [1.82, 2.24) is 21.3 Å². The summed E-state index contributed by atoms with van der Waals surface area (Å²) in [6.07, 6.45) is 16.6. The first kappa shape index (κ1) is 58.9. The van der Waals surface area contributed by atoms with Crippen molar-refractivity contribution < 1.29 is 39.5 Å². The van der Waals surface area contributed by atoms with E-state index in [1.165, 1.54) is 22.3 Å². The SMILES string of the molecule is CC[C@H](/C=C1\OC(=O)C2=C3c4cc(O)ccc4-c4cccc(c4)CNCCc4ccc(CCCO)c(c4)[C@@H]4NC[C@@](C)(O)CC#C[C@H](CO)C[C@@H]5C[C@@]([C@@H]6CCN[C@H](NC)C6)(CC=C6OC(=O)C7=C6CC[C@H]6[C@H]3CC[C@@]21[C@@H]76)C[C@H]54)Cc1ccccc1. The van der Waals surface area contributed by atoms with Gasteiger partial charge in [0.2, 0.25) is 0 Å². The van der Waals surface area contributed by atoms with E-state index in [1.807, 2.05) is 32.2 Å². The molecule has 86 heavy (non-hydrogen) atoms. The van der Waals surface area contributed by atoms with E-state index in [-0.39, 0.29) is 96.4 Å². The van der Waals surface area contributed by atoms with Crippen molar-refractivity contribution >= 4 is 17.5 Å². The second-order valence-corrected chi connectivity index (χ2v) is 27.3. The number of carbonyl (C=O) groups is 2. The van der Waals surface area contributed by atoms with Crippen LogP contribution in [-0.4, -0.2) is 84.0 Å². The van der Waals surface area contributed by atoms with Gasteiger partial charge in [-0.25, -0.2) is 9.59 Å². The first-order chi connectivity index (χ1) is 41.8. The number of aliphatic hydroxyl groups excluding tert-OH is 2. The van der Waals surface area contributed by atoms with Crippen molar-refractivity contribution in [2.45, 2.75) is 141 Å². The van der Waals surface area contributed by atoms with E-state index in [0.29, 0.717) is 80.2 Å². The molecule has 4 aromatic rings. The molecule has 0 aromatic heterocycles. The number of esters is 2. The quantitative estimate of drug-likeness (QED) is 0.0557. The second kappa shape index (κ2) is 24.4. The fourth-order valence-electron chi connectivity index (χ4n) is 18.1. The van der Waals surface area contributed by atoms with Gasteiger partial charge in [-0.05, 0) is 245 Å². The molecular formula is C74H88N4O8. The summed E-state index contributed by atoms with van der Waals surface area (Å²) in [5, 5.41) is 60.2. The average Bonchev–Trinajstić information content (AvgIpc) is 1.38. The molecule has 4 fully saturated rings. The summed E-state index contributed by atoms with van der Waals surface area (Å²) in [5.74, 6) is 7.41. The number of hydrogen-bond acceptors (Lipinski definition) is 12. The molecule has 15 rings (SSSR count). The third kappa shape index (κ3) is 11.0. The molecule has 2 saturated heterocycles. The molecule has 12 heteroatoms. The molecule has 12 nitrogen and oxygen atoms in total. The van der Waals surface area contributed by atoms with Gasteiger partial charge in [0, 0.05) is 55.1 Å². The van der Waals surface area contributed by atoms with Crippen LogP contribution < -0.4 is 21.3 Å². The lowest BCUT2D eigenvalue weighted by molar-refractivity contribution is -0.135. The largest absolute Gasteiger partial charge is 0.508 e. The second-order valence-electron chi connectivity index (χ2n) is 27.3. The molecule has 4 aromatic carbocycles. The van der Waals surface area contributed by atoms with Crippen molar-refractivity contribution in [3.63, 3.8) is 0 Å². The number of aryl methyl sites for hydroxylation is 1. The Balaban J connectivity index is 1.00. The maximum atomic E-state index is 15.4. The van der Waals surface area contributed by atoms with Gasteiger partial charge in [0.05, 0.1) is 29.4 Å². The van der Waals surface area contributed by atoms with E-state index in [4.69, 9.17) is 9.47 Å². The number of ether oxygens (including phenoxy) is 2. The number of carbonyl (C=O) groups excluding carboxylic acids is 2. The van der Waals surface area contributed by atoms with Gasteiger partial charge in [-0.1, -0.05) is 91.6 Å². The van der Waals surface area contributed by atoms with E-state index in [1.54, 1.807) is 6.07 Å². The smallest absolute Gasteiger partial charge is 0.340 e. The van der Waals surface area contributed by atoms with Crippen molar-refractivity contribution in [1.29, 1.82) is 0 Å². The molecule has 11 aliphatic rings. The molecule has 6 aliphatic heterocycles. The Hall–Kier alpha value is -6.14. The van der Waals surface area contributed by atoms with Gasteiger partial charge in [0.15, 0.2) is 0 Å². The van der Waals surface area contributed by atoms with E-state index in [2.05, 4.69) is 119 Å². The molecule has 8 N–H and O–H groups in total. The topological polar surface area (TPSA) is 182 Å². The van der Waals surface area contributed by atoms with Crippen LogP contribution in [0.15, 0.2) is 131 Å². The molecule has 2 saturated carbocycles. The van der Waals surface area contributed by atoms with Crippen molar-refractivity contribution in [2.24, 2.45) is 58.2 Å². The predicted molar refractivity (Wildman–Crippen MR) is 334 cm³/mol. The Labute approximate surface area is 508 Å². The fraction of sp³-hybridized carbons (Fsp3) is 0.514. The highest BCUT2D eigenvalue weighted by Crippen LogP contribution is 2.72. The normalized spacial score (nSPS) is 33.2. The number of benzene rings is 4. The summed E-state index contributed by atoms with van der Waals surface area (Å²) in [4.78, 5) is 30.8. The van der Waals surface area contributed by atoms with Gasteiger partial charge >= 0.3 is 11.9 Å². The van der Waals surface area contributed by atoms with Crippen molar-refractivity contribution in [3.05, 3.63) is 165 Å². The van der Waals surface area contributed by atoms with Gasteiger partial charge in [0.25, 0.3) is 0 Å². The molecule has 13 atom stereocenters. The van der Waals surface area contributed by atoms with Crippen LogP contribution in [0.1, 0.15) is 137 Å². The fourth-order valence-corrected chi connectivity index (χ4v) is 18.1. The summed E-state index contributed by atoms with van der Waals surface area (Å²) in [6, 6.07) is 31.5. The number of β-amino-alcohol motifs (C(OH)–C–C–N with tert-alkyl or cyclic N) is 1. The summed E-state index contributed by atoms with van der Waals surface area (Å²) in [6.45, 7) is 6.62. The molecule has 0 amide bonds. The minimum absolute atomic E-state index is 0.00357. The highest BCUT2D eigenvalue weighted by molar-refractivity contribution is 6.07. The van der Waals surface area contributed by atoms with Crippen LogP contribution in [-0.2, 0) is 44.9 Å². The Morgan fingerprint density at radius 1 is 0.860 bits per heavy atom. The third-order valence-corrected chi connectivity index (χ3v) is 22.1. The van der Waals surface area contributed by atoms with E-state index in [0.717, 1.165) is 104 Å². The maximum absolute atomic E-state index is 15.4. The summed E-state index contributed by atoms with van der Waals surface area (Å²) < 4.78 is 13.6. The van der Waals surface area contributed by atoms with Crippen LogP contribution in [0.5, 0.6) is 5.75 Å². The Kier molecular flexibility index (Phi) is 16.7. The average molecular weight is 1160 g/mol. The molecule has 452 valence electrons. The molecule has 6 heterocycles. The Morgan fingerprint density at radius 3 is 2.56 bits per heavy atom. The number of aliphatic hydroxyl groups is 3. The summed E-state index contributed by atoms with van der Waals surface area (Å²) in [5.41, 5.74) is 9.64. The van der Waals surface area contributed by atoms with E-state index >= 15 is 9.59 Å². The van der Waals surface area contributed by atoms with Crippen LogP contribution in [0.25, 0.3) is 16.7 Å². The molecule has 1 spiro atoms. The standard InChI is InChI=1S/C74H88N4O8/c1-4-45(33-46-11-6-5-7-12-46)37-63-74-29-23-56-57-21-22-58-62(85-70(82)66(58)67(57)74)24-28-73(53-26-31-77-64(38-53)75-3)40-52-35-49(43-80)14-9-27-72(2,84)44-78-69(61(52)41-73)59-36-47(17-18-50(59)16-10-32-79)25-30-76-42-48-13-8-15-51(34-48)55-20-19-54(81)39-60(55)65(56)68(74)71(83)86-63/h5-8,11-13,15,17-20,24,34,36-37,39,45,49,52-53,56-57,61,64,67,69,75-81,84H,4,10,16,21-23,25-33,35,38,40-44H2,1-3H3/b62-24?,63-37-/t45-,49-,52+,53+,56+,57-,61+,64-,67+,69-,72-,73-,74+/m0/s1. The summed E-state index contributed by atoms with van der Waals surface area (Å²) in [7, 11) is 2.03. The lowest BCUT2D eigenvalue weighted by Crippen LogP contribution is -2.52. The molecule has 5 aliphatic carbocycles.